The van der Waals surface area contributed by atoms with Crippen LogP contribution in [-0.4, -0.2) is 87.3 Å². The van der Waals surface area contributed by atoms with Crippen LogP contribution in [0.3, 0.4) is 0 Å². The maximum atomic E-state index is 13.8. The van der Waals surface area contributed by atoms with Crippen LogP contribution in [0.15, 0.2) is 34.1 Å². The third-order valence-electron chi connectivity index (χ3n) is 7.10. The molecule has 5 rings (SSSR count). The van der Waals surface area contributed by atoms with E-state index >= 15 is 0 Å². The predicted molar refractivity (Wildman–Crippen MR) is 141 cm³/mol. The quantitative estimate of drug-likeness (QED) is 0.416. The molecule has 2 fully saturated rings. The van der Waals surface area contributed by atoms with Crippen LogP contribution in [-0.2, 0) is 20.9 Å². The predicted octanol–water partition coefficient (Wildman–Crippen LogP) is 2.65. The first kappa shape index (κ1) is 26.5. The van der Waals surface area contributed by atoms with Crippen molar-refractivity contribution in [3.63, 3.8) is 0 Å². The van der Waals surface area contributed by atoms with E-state index < -0.39 is 6.04 Å². The van der Waals surface area contributed by atoms with Gasteiger partial charge in [0.2, 0.25) is 17.6 Å². The highest BCUT2D eigenvalue weighted by Gasteiger charge is 2.34. The van der Waals surface area contributed by atoms with E-state index in [1.165, 1.54) is 22.6 Å². The molecule has 11 nitrogen and oxygen atoms in total. The molecule has 1 saturated carbocycles. The molecule has 3 aromatic heterocycles. The lowest BCUT2D eigenvalue weighted by Crippen LogP contribution is -2.50. The Morgan fingerprint density at radius 3 is 2.71 bits per heavy atom. The second-order valence-electron chi connectivity index (χ2n) is 9.86. The Kier molecular flexibility index (Phi) is 8.82. The third-order valence-corrected chi connectivity index (χ3v) is 8.02. The number of thiophene rings is 1. The van der Waals surface area contributed by atoms with Gasteiger partial charge in [0.25, 0.3) is 0 Å². The summed E-state index contributed by atoms with van der Waals surface area (Å²) >= 11 is 1.49. The smallest absolute Gasteiger partial charge is 0.248 e. The molecule has 1 aliphatic heterocycles. The summed E-state index contributed by atoms with van der Waals surface area (Å²) in [4.78, 5) is 33.6. The molecular formula is C26H35N7O4S. The first-order valence-electron chi connectivity index (χ1n) is 13.3. The second-order valence-corrected chi connectivity index (χ2v) is 10.8. The van der Waals surface area contributed by atoms with Gasteiger partial charge in [-0.15, -0.1) is 21.5 Å². The molecule has 1 atom stereocenters. The Bertz CT molecular complexity index is 1180. The molecule has 0 aromatic carbocycles. The van der Waals surface area contributed by atoms with E-state index in [1.807, 2.05) is 30.5 Å². The highest BCUT2D eigenvalue weighted by atomic mass is 32.1. The summed E-state index contributed by atoms with van der Waals surface area (Å²) in [6, 6.07) is 6.87. The summed E-state index contributed by atoms with van der Waals surface area (Å²) in [5, 5.41) is 17.7. The monoisotopic (exact) mass is 541 g/mol. The van der Waals surface area contributed by atoms with Gasteiger partial charge in [0.15, 0.2) is 5.76 Å². The highest BCUT2D eigenvalue weighted by molar-refractivity contribution is 7.10. The highest BCUT2D eigenvalue weighted by Crippen LogP contribution is 2.28. The number of rotatable bonds is 10. The number of nitrogens with one attached hydrogen (secondary N) is 1. The Labute approximate surface area is 226 Å². The van der Waals surface area contributed by atoms with Crippen LogP contribution < -0.4 is 5.32 Å². The number of hydrogen-bond donors (Lipinski definition) is 1. The number of tetrazole rings is 1. The molecule has 4 heterocycles. The SMILES string of the molecule is Cc1ccc(-c2nnn(CC(=O)N(CCN3CCOCC3)[C@@H](C(=O)NC3CCCCC3)c3cccs3)n2)o1. The van der Waals surface area contributed by atoms with Crippen molar-refractivity contribution in [2.75, 3.05) is 39.4 Å². The minimum atomic E-state index is -0.721. The van der Waals surface area contributed by atoms with E-state index in [1.54, 1.807) is 11.0 Å². The van der Waals surface area contributed by atoms with Crippen molar-refractivity contribution in [2.45, 2.75) is 57.7 Å². The lowest BCUT2D eigenvalue weighted by molar-refractivity contribution is -0.142. The molecule has 1 saturated heterocycles. The van der Waals surface area contributed by atoms with Gasteiger partial charge in [0.1, 0.15) is 18.3 Å². The van der Waals surface area contributed by atoms with Gasteiger partial charge >= 0.3 is 0 Å². The van der Waals surface area contributed by atoms with Gasteiger partial charge in [0.05, 0.1) is 13.2 Å². The van der Waals surface area contributed by atoms with Gasteiger partial charge in [-0.25, -0.2) is 0 Å². The number of amides is 2. The number of hydrogen-bond acceptors (Lipinski definition) is 9. The van der Waals surface area contributed by atoms with Crippen molar-refractivity contribution in [3.05, 3.63) is 40.3 Å². The average molecular weight is 542 g/mol. The van der Waals surface area contributed by atoms with Crippen molar-refractivity contribution in [3.8, 4) is 11.6 Å². The topological polar surface area (TPSA) is 119 Å². The Morgan fingerprint density at radius 1 is 1.18 bits per heavy atom. The second kappa shape index (κ2) is 12.6. The van der Waals surface area contributed by atoms with E-state index in [0.717, 1.165) is 49.4 Å². The van der Waals surface area contributed by atoms with Gasteiger partial charge in [-0.1, -0.05) is 25.3 Å². The number of aryl methyl sites for hydroxylation is 1. The molecule has 2 amide bonds. The summed E-state index contributed by atoms with van der Waals surface area (Å²) < 4.78 is 11.1. The summed E-state index contributed by atoms with van der Waals surface area (Å²) in [6.07, 6.45) is 5.38. The zero-order chi connectivity index (χ0) is 26.3. The molecule has 12 heteroatoms. The van der Waals surface area contributed by atoms with Crippen LogP contribution in [0.1, 0.15) is 48.8 Å². The molecule has 0 radical (unpaired) electrons. The lowest BCUT2D eigenvalue weighted by Gasteiger charge is -2.35. The van der Waals surface area contributed by atoms with Gasteiger partial charge < -0.3 is 19.4 Å². The maximum absolute atomic E-state index is 13.8. The van der Waals surface area contributed by atoms with Crippen LogP contribution in [0.4, 0.5) is 0 Å². The van der Waals surface area contributed by atoms with Crippen molar-refractivity contribution in [2.24, 2.45) is 0 Å². The van der Waals surface area contributed by atoms with Gasteiger partial charge in [-0.3, -0.25) is 14.5 Å². The molecule has 0 unspecified atom stereocenters. The first-order valence-corrected chi connectivity index (χ1v) is 14.2. The number of ether oxygens (including phenoxy) is 1. The van der Waals surface area contributed by atoms with E-state index in [0.29, 0.717) is 37.9 Å². The molecule has 204 valence electrons. The molecule has 1 aliphatic carbocycles. The number of carbonyl (C=O) groups is 2. The molecular weight excluding hydrogens is 506 g/mol. The number of aromatic nitrogens is 4. The fraction of sp³-hybridized carbons (Fsp3) is 0.577. The minimum absolute atomic E-state index is 0.131. The molecule has 0 spiro atoms. The van der Waals surface area contributed by atoms with Crippen molar-refractivity contribution in [1.82, 2.24) is 35.3 Å². The van der Waals surface area contributed by atoms with Crippen LogP contribution in [0.2, 0.25) is 0 Å². The van der Waals surface area contributed by atoms with E-state index in [4.69, 9.17) is 9.15 Å². The Hall–Kier alpha value is -3.09. The molecule has 2 aliphatic rings. The molecule has 38 heavy (non-hydrogen) atoms. The van der Waals surface area contributed by atoms with E-state index in [2.05, 4.69) is 25.6 Å². The van der Waals surface area contributed by atoms with E-state index in [9.17, 15) is 9.59 Å². The van der Waals surface area contributed by atoms with Crippen LogP contribution in [0.5, 0.6) is 0 Å². The summed E-state index contributed by atoms with van der Waals surface area (Å²) in [6.45, 7) is 5.70. The van der Waals surface area contributed by atoms with Crippen LogP contribution in [0.25, 0.3) is 11.6 Å². The number of furan rings is 1. The van der Waals surface area contributed by atoms with Gasteiger partial charge in [-0.2, -0.15) is 4.80 Å². The zero-order valence-electron chi connectivity index (χ0n) is 21.8. The van der Waals surface area contributed by atoms with Crippen molar-refractivity contribution < 1.29 is 18.7 Å². The lowest BCUT2D eigenvalue weighted by atomic mass is 9.95. The summed E-state index contributed by atoms with van der Waals surface area (Å²) in [7, 11) is 0. The zero-order valence-corrected chi connectivity index (χ0v) is 22.6. The molecule has 1 N–H and O–H groups in total. The Morgan fingerprint density at radius 2 is 2.00 bits per heavy atom. The number of carbonyl (C=O) groups excluding carboxylic acids is 2. The molecule has 3 aromatic rings. The van der Waals surface area contributed by atoms with Gasteiger partial charge in [-0.05, 0) is 48.6 Å². The standard InChI is InChI=1S/C26H35N7O4S/c1-19-9-10-21(37-19)25-28-30-33(29-25)18-23(34)32(12-11-31-13-15-36-16-14-31)24(22-8-5-17-38-22)26(35)27-20-6-3-2-4-7-20/h5,8-10,17,20,24H,2-4,6-7,11-16,18H2,1H3,(H,27,35)/t24-/m1/s1. The van der Waals surface area contributed by atoms with E-state index in [-0.39, 0.29) is 24.4 Å². The fourth-order valence-electron chi connectivity index (χ4n) is 5.05. The van der Waals surface area contributed by atoms with Crippen LogP contribution in [0, 0.1) is 6.92 Å². The van der Waals surface area contributed by atoms with Crippen LogP contribution >= 0.6 is 11.3 Å². The number of morpholine rings is 1. The van der Waals surface area contributed by atoms with Gasteiger partial charge in [0, 0.05) is 37.1 Å². The average Bonchev–Trinajstić information content (AvgIpc) is 3.70. The largest absolute Gasteiger partial charge is 0.458 e. The molecule has 0 bridgehead atoms. The minimum Gasteiger partial charge on any atom is -0.458 e. The van der Waals surface area contributed by atoms with Crippen molar-refractivity contribution in [1.29, 1.82) is 0 Å². The summed E-state index contributed by atoms with van der Waals surface area (Å²) in [5.74, 6) is 1.18. The fourth-order valence-corrected chi connectivity index (χ4v) is 5.88. The van der Waals surface area contributed by atoms with Crippen molar-refractivity contribution >= 4 is 23.2 Å². The first-order chi connectivity index (χ1) is 18.6. The maximum Gasteiger partial charge on any atom is 0.248 e. The number of nitrogens with zero attached hydrogens (tertiary/aromatic N) is 6. The normalized spacial score (nSPS) is 17.8. The third kappa shape index (κ3) is 6.66. The Balaban J connectivity index is 1.36. The summed E-state index contributed by atoms with van der Waals surface area (Å²) in [5.41, 5.74) is 0.